The van der Waals surface area contributed by atoms with Gasteiger partial charge in [0, 0.05) is 19.4 Å². The van der Waals surface area contributed by atoms with Gasteiger partial charge in [0.25, 0.3) is 0 Å². The van der Waals surface area contributed by atoms with Crippen molar-refractivity contribution in [2.24, 2.45) is 5.73 Å². The molecule has 9 nitrogen and oxygen atoms in total. The predicted octanol–water partition coefficient (Wildman–Crippen LogP) is 12.2. The molecule has 53 heavy (non-hydrogen) atoms. The summed E-state index contributed by atoms with van der Waals surface area (Å²) in [7, 11) is -4.39. The van der Waals surface area contributed by atoms with Crippen LogP contribution in [-0.2, 0) is 32.7 Å². The van der Waals surface area contributed by atoms with Crippen molar-refractivity contribution in [1.29, 1.82) is 0 Å². The minimum atomic E-state index is -4.39. The van der Waals surface area contributed by atoms with Gasteiger partial charge in [0.05, 0.1) is 13.2 Å². The Morgan fingerprint density at radius 3 is 1.53 bits per heavy atom. The third kappa shape index (κ3) is 39.7. The van der Waals surface area contributed by atoms with E-state index in [1.165, 1.54) is 122 Å². The summed E-state index contributed by atoms with van der Waals surface area (Å²) in [5, 5.41) is 0. The fourth-order valence-electron chi connectivity index (χ4n) is 5.84. The third-order valence-electron chi connectivity index (χ3n) is 9.04. The van der Waals surface area contributed by atoms with Crippen LogP contribution in [0.25, 0.3) is 0 Å². The Kier molecular flexibility index (Phi) is 38.6. The largest absolute Gasteiger partial charge is 0.472 e. The molecule has 0 aromatic rings. The Morgan fingerprint density at radius 2 is 1.02 bits per heavy atom. The molecule has 0 aromatic carbocycles. The smallest absolute Gasteiger partial charge is 0.462 e. The van der Waals surface area contributed by atoms with Crippen molar-refractivity contribution in [3.05, 3.63) is 36.5 Å². The normalized spacial score (nSPS) is 13.7. The average molecular weight is 770 g/mol. The fourth-order valence-corrected chi connectivity index (χ4v) is 6.61. The molecule has 0 spiro atoms. The predicted molar refractivity (Wildman–Crippen MR) is 220 cm³/mol. The first kappa shape index (κ1) is 51.2. The van der Waals surface area contributed by atoms with Gasteiger partial charge in [-0.3, -0.25) is 18.6 Å². The number of nitrogens with two attached hydrogens (primary N) is 1. The van der Waals surface area contributed by atoms with E-state index >= 15 is 0 Å². The zero-order valence-electron chi connectivity index (χ0n) is 34.0. The molecule has 0 saturated carbocycles. The number of ether oxygens (including phenoxy) is 2. The summed E-state index contributed by atoms with van der Waals surface area (Å²) in [6, 6.07) is 0. The summed E-state index contributed by atoms with van der Waals surface area (Å²) in [5.74, 6) is -0.911. The van der Waals surface area contributed by atoms with Gasteiger partial charge in [0.15, 0.2) is 6.10 Å². The van der Waals surface area contributed by atoms with E-state index in [2.05, 4.69) is 38.2 Å². The molecule has 310 valence electrons. The minimum absolute atomic E-state index is 0.0446. The van der Waals surface area contributed by atoms with Crippen LogP contribution in [0.3, 0.4) is 0 Å². The molecule has 0 amide bonds. The van der Waals surface area contributed by atoms with Crippen LogP contribution >= 0.6 is 7.82 Å². The highest BCUT2D eigenvalue weighted by Crippen LogP contribution is 2.43. The molecular weight excluding hydrogens is 689 g/mol. The molecule has 0 rings (SSSR count). The summed E-state index contributed by atoms with van der Waals surface area (Å²) in [6.07, 6.45) is 43.3. The van der Waals surface area contributed by atoms with Crippen LogP contribution < -0.4 is 5.73 Å². The minimum Gasteiger partial charge on any atom is -0.462 e. The van der Waals surface area contributed by atoms with Crippen molar-refractivity contribution < 1.29 is 37.6 Å². The number of hydrogen-bond donors (Lipinski definition) is 2. The summed E-state index contributed by atoms with van der Waals surface area (Å²) in [5.41, 5.74) is 5.34. The molecule has 10 heteroatoms. The molecular formula is C43H80NO8P. The molecule has 0 aromatic heterocycles. The van der Waals surface area contributed by atoms with E-state index in [1.54, 1.807) is 0 Å². The summed E-state index contributed by atoms with van der Waals surface area (Å²) < 4.78 is 32.7. The van der Waals surface area contributed by atoms with Crippen molar-refractivity contribution in [3.8, 4) is 0 Å². The highest BCUT2D eigenvalue weighted by Gasteiger charge is 2.25. The number of unbranched alkanes of at least 4 members (excludes halogenated alkanes) is 21. The lowest BCUT2D eigenvalue weighted by Gasteiger charge is -2.19. The molecule has 0 fully saturated rings. The first-order valence-corrected chi connectivity index (χ1v) is 23.0. The van der Waals surface area contributed by atoms with E-state index in [1.807, 2.05) is 12.2 Å². The Hall–Kier alpha value is -1.77. The molecule has 0 aliphatic carbocycles. The molecule has 3 N–H and O–H groups in total. The molecule has 0 aliphatic heterocycles. The highest BCUT2D eigenvalue weighted by atomic mass is 31.2. The fraction of sp³-hybridized carbons (Fsp3) is 0.814. The van der Waals surface area contributed by atoms with Crippen molar-refractivity contribution in [3.63, 3.8) is 0 Å². The third-order valence-corrected chi connectivity index (χ3v) is 10.0. The van der Waals surface area contributed by atoms with Crippen molar-refractivity contribution in [2.75, 3.05) is 26.4 Å². The molecule has 2 unspecified atom stereocenters. The Balaban J connectivity index is 4.25. The zero-order chi connectivity index (χ0) is 38.9. The van der Waals surface area contributed by atoms with Gasteiger partial charge in [-0.2, -0.15) is 0 Å². The summed E-state index contributed by atoms with van der Waals surface area (Å²) in [6.45, 7) is 3.66. The van der Waals surface area contributed by atoms with Crippen molar-refractivity contribution in [2.45, 2.75) is 200 Å². The second-order valence-electron chi connectivity index (χ2n) is 14.2. The van der Waals surface area contributed by atoms with E-state index in [0.717, 1.165) is 38.5 Å². The molecule has 0 saturated heterocycles. The number of carbonyl (C=O) groups excluding carboxylic acids is 2. The maximum Gasteiger partial charge on any atom is 0.472 e. The van der Waals surface area contributed by atoms with Crippen molar-refractivity contribution in [1.82, 2.24) is 0 Å². The quantitative estimate of drug-likeness (QED) is 0.0270. The van der Waals surface area contributed by atoms with Crippen LogP contribution in [0.15, 0.2) is 36.5 Å². The van der Waals surface area contributed by atoms with E-state index < -0.39 is 32.5 Å². The lowest BCUT2D eigenvalue weighted by molar-refractivity contribution is -0.161. The van der Waals surface area contributed by atoms with Gasteiger partial charge in [-0.1, -0.05) is 179 Å². The first-order valence-electron chi connectivity index (χ1n) is 21.5. The molecule has 0 heterocycles. The number of esters is 2. The van der Waals surface area contributed by atoms with E-state index in [-0.39, 0.29) is 32.6 Å². The molecule has 0 radical (unpaired) electrons. The molecule has 0 bridgehead atoms. The lowest BCUT2D eigenvalue weighted by Crippen LogP contribution is -2.29. The average Bonchev–Trinajstić information content (AvgIpc) is 3.14. The van der Waals surface area contributed by atoms with Gasteiger partial charge in [-0.15, -0.1) is 0 Å². The van der Waals surface area contributed by atoms with Crippen LogP contribution in [0.4, 0.5) is 0 Å². The SMILES string of the molecule is CCCCCCCCCC=CCC=CCC=CCCC(=O)OC(COC(=O)CCCCCCCCCCCCCCCCC)COP(=O)(O)OCCN. The zero-order valence-corrected chi connectivity index (χ0v) is 34.9. The summed E-state index contributed by atoms with van der Waals surface area (Å²) in [4.78, 5) is 34.8. The first-order chi connectivity index (χ1) is 25.8. The van der Waals surface area contributed by atoms with E-state index in [9.17, 15) is 19.0 Å². The van der Waals surface area contributed by atoms with Gasteiger partial charge in [0.1, 0.15) is 6.61 Å². The van der Waals surface area contributed by atoms with Gasteiger partial charge in [-0.25, -0.2) is 4.57 Å². The van der Waals surface area contributed by atoms with Gasteiger partial charge >= 0.3 is 19.8 Å². The van der Waals surface area contributed by atoms with Gasteiger partial charge in [0.2, 0.25) is 0 Å². The highest BCUT2D eigenvalue weighted by molar-refractivity contribution is 7.47. The number of rotatable bonds is 40. The van der Waals surface area contributed by atoms with Gasteiger partial charge in [-0.05, 0) is 38.5 Å². The topological polar surface area (TPSA) is 134 Å². The number of phosphoric ester groups is 1. The lowest BCUT2D eigenvalue weighted by atomic mass is 10.0. The summed E-state index contributed by atoms with van der Waals surface area (Å²) >= 11 is 0. The number of phosphoric acid groups is 1. The monoisotopic (exact) mass is 770 g/mol. The van der Waals surface area contributed by atoms with Crippen LogP contribution in [0.5, 0.6) is 0 Å². The van der Waals surface area contributed by atoms with E-state index in [0.29, 0.717) is 6.42 Å². The number of hydrogen-bond acceptors (Lipinski definition) is 8. The number of allylic oxidation sites excluding steroid dienone is 6. The molecule has 2 atom stereocenters. The second-order valence-corrected chi connectivity index (χ2v) is 15.7. The van der Waals surface area contributed by atoms with E-state index in [4.69, 9.17) is 24.3 Å². The van der Waals surface area contributed by atoms with Crippen LogP contribution in [0.1, 0.15) is 194 Å². The maximum absolute atomic E-state index is 12.5. The Bertz CT molecular complexity index is 970. The maximum atomic E-state index is 12.5. The Labute approximate surface area is 324 Å². The van der Waals surface area contributed by atoms with Crippen LogP contribution in [-0.4, -0.2) is 49.3 Å². The second kappa shape index (κ2) is 39.9. The number of carbonyl (C=O) groups is 2. The molecule has 0 aliphatic rings. The van der Waals surface area contributed by atoms with Gasteiger partial charge < -0.3 is 20.1 Å². The van der Waals surface area contributed by atoms with Crippen LogP contribution in [0, 0.1) is 0 Å². The Morgan fingerprint density at radius 1 is 0.566 bits per heavy atom. The van der Waals surface area contributed by atoms with Crippen molar-refractivity contribution >= 4 is 19.8 Å². The van der Waals surface area contributed by atoms with Crippen LogP contribution in [0.2, 0.25) is 0 Å². The standard InChI is InChI=1S/C43H80NO8P/c1-3-5-7-9-11-13-15-17-19-20-22-24-26-28-30-32-34-36-43(46)52-41(40-51-53(47,48)50-38-37-44)39-49-42(45)35-33-31-29-27-25-23-21-18-16-14-12-10-8-6-4-2/h19-20,24,26,30,32,41H,3-18,21-23,25,27-29,31,33-40,44H2,1-2H3,(H,47,48).